The molecular formula is C20H16ClN3O4. The summed E-state index contributed by atoms with van der Waals surface area (Å²) in [6, 6.07) is 9.27. The summed E-state index contributed by atoms with van der Waals surface area (Å²) in [7, 11) is 0. The first-order valence-corrected chi connectivity index (χ1v) is 9.52. The number of hydrogen-bond donors (Lipinski definition) is 1. The molecule has 1 N–H and O–H groups in total. The molecule has 0 saturated heterocycles. The zero-order valence-corrected chi connectivity index (χ0v) is 15.5. The molecule has 1 aromatic heterocycles. The van der Waals surface area contributed by atoms with Crippen LogP contribution in [0.5, 0.6) is 0 Å². The summed E-state index contributed by atoms with van der Waals surface area (Å²) in [5.74, 6) is -1.01. The predicted octanol–water partition coefficient (Wildman–Crippen LogP) is 2.14. The Morgan fingerprint density at radius 2 is 1.68 bits per heavy atom. The Bertz CT molecular complexity index is 1090. The van der Waals surface area contributed by atoms with Gasteiger partial charge in [0.1, 0.15) is 16.4 Å². The average molecular weight is 398 g/mol. The lowest BCUT2D eigenvalue weighted by Gasteiger charge is -2.41. The van der Waals surface area contributed by atoms with Crippen molar-refractivity contribution < 1.29 is 14.4 Å². The molecule has 1 aromatic carbocycles. The molecule has 0 radical (unpaired) electrons. The molecule has 142 valence electrons. The van der Waals surface area contributed by atoms with Gasteiger partial charge in [0.2, 0.25) is 0 Å². The van der Waals surface area contributed by atoms with Gasteiger partial charge in [-0.3, -0.25) is 28.6 Å². The van der Waals surface area contributed by atoms with E-state index in [-0.39, 0.29) is 34.9 Å². The van der Waals surface area contributed by atoms with Gasteiger partial charge in [0.25, 0.3) is 23.3 Å². The van der Waals surface area contributed by atoms with E-state index in [9.17, 15) is 19.2 Å². The average Bonchev–Trinajstić information content (AvgIpc) is 3.10. The van der Waals surface area contributed by atoms with E-state index in [1.807, 2.05) is 0 Å². The van der Waals surface area contributed by atoms with E-state index < -0.39 is 17.3 Å². The van der Waals surface area contributed by atoms with E-state index in [2.05, 4.69) is 5.32 Å². The Labute approximate surface area is 164 Å². The van der Waals surface area contributed by atoms with Gasteiger partial charge in [-0.05, 0) is 43.5 Å². The quantitative estimate of drug-likeness (QED) is 0.747. The molecule has 3 amide bonds. The zero-order valence-electron chi connectivity index (χ0n) is 14.8. The van der Waals surface area contributed by atoms with E-state index in [0.29, 0.717) is 30.4 Å². The Morgan fingerprint density at radius 1 is 1.00 bits per heavy atom. The highest BCUT2D eigenvalue weighted by Crippen LogP contribution is 2.40. The summed E-state index contributed by atoms with van der Waals surface area (Å²) in [5.41, 5.74) is -0.392. The van der Waals surface area contributed by atoms with Gasteiger partial charge < -0.3 is 5.32 Å². The maximum absolute atomic E-state index is 12.9. The molecule has 2 aromatic rings. The summed E-state index contributed by atoms with van der Waals surface area (Å²) in [4.78, 5) is 52.2. The van der Waals surface area contributed by atoms with Crippen molar-refractivity contribution in [2.75, 3.05) is 0 Å². The molecule has 2 aliphatic heterocycles. The molecule has 0 bridgehead atoms. The first-order chi connectivity index (χ1) is 13.4. The maximum Gasteiger partial charge on any atom is 0.271 e. The number of pyridine rings is 1. The van der Waals surface area contributed by atoms with Crippen LogP contribution in [0.25, 0.3) is 0 Å². The Kier molecular flexibility index (Phi) is 3.55. The molecule has 3 heterocycles. The third-order valence-electron chi connectivity index (χ3n) is 5.93. The van der Waals surface area contributed by atoms with Crippen LogP contribution >= 0.6 is 11.6 Å². The van der Waals surface area contributed by atoms with E-state index >= 15 is 0 Å². The first-order valence-electron chi connectivity index (χ1n) is 9.14. The minimum atomic E-state index is -0.980. The van der Waals surface area contributed by atoms with Crippen molar-refractivity contribution in [3.8, 4) is 0 Å². The van der Waals surface area contributed by atoms with E-state index in [0.717, 1.165) is 0 Å². The zero-order chi connectivity index (χ0) is 19.6. The number of carbonyl (C=O) groups is 3. The van der Waals surface area contributed by atoms with Crippen molar-refractivity contribution >= 4 is 29.3 Å². The van der Waals surface area contributed by atoms with Crippen molar-refractivity contribution in [1.29, 1.82) is 0 Å². The fourth-order valence-corrected chi connectivity index (χ4v) is 4.90. The van der Waals surface area contributed by atoms with Gasteiger partial charge in [0.15, 0.2) is 0 Å². The Hall–Kier alpha value is -2.93. The van der Waals surface area contributed by atoms with Gasteiger partial charge in [-0.2, -0.15) is 0 Å². The number of nitrogens with one attached hydrogen (secondary N) is 1. The van der Waals surface area contributed by atoms with Gasteiger partial charge in [-0.25, -0.2) is 0 Å². The Morgan fingerprint density at radius 3 is 2.36 bits per heavy atom. The first kappa shape index (κ1) is 17.2. The van der Waals surface area contributed by atoms with Crippen LogP contribution in [0.3, 0.4) is 0 Å². The molecule has 28 heavy (non-hydrogen) atoms. The predicted molar refractivity (Wildman–Crippen MR) is 100 cm³/mol. The van der Waals surface area contributed by atoms with Crippen LogP contribution in [0, 0.1) is 0 Å². The third-order valence-corrected chi connectivity index (χ3v) is 6.22. The van der Waals surface area contributed by atoms with Crippen LogP contribution < -0.4 is 10.9 Å². The third kappa shape index (κ3) is 2.16. The van der Waals surface area contributed by atoms with Crippen molar-refractivity contribution in [3.05, 3.63) is 68.6 Å². The van der Waals surface area contributed by atoms with E-state index in [1.54, 1.807) is 24.3 Å². The second-order valence-corrected chi connectivity index (χ2v) is 7.88. The normalized spacial score (nSPS) is 25.8. The minimum Gasteiger partial charge on any atom is -0.327 e. The number of benzene rings is 1. The van der Waals surface area contributed by atoms with Crippen molar-refractivity contribution in [3.63, 3.8) is 0 Å². The van der Waals surface area contributed by atoms with E-state index in [4.69, 9.17) is 11.6 Å². The summed E-state index contributed by atoms with van der Waals surface area (Å²) in [6.07, 6.45) is 2.08. The highest BCUT2D eigenvalue weighted by molar-refractivity contribution is 6.30. The van der Waals surface area contributed by atoms with Crippen LogP contribution in [0.4, 0.5) is 0 Å². The number of hydrogen-bond acceptors (Lipinski definition) is 4. The van der Waals surface area contributed by atoms with Crippen LogP contribution in [0.2, 0.25) is 5.02 Å². The molecular weight excluding hydrogens is 382 g/mol. The number of carbonyl (C=O) groups excluding carboxylic acids is 3. The Balaban J connectivity index is 1.56. The lowest BCUT2D eigenvalue weighted by Crippen LogP contribution is -2.55. The van der Waals surface area contributed by atoms with Crippen LogP contribution in [0.1, 0.15) is 56.9 Å². The van der Waals surface area contributed by atoms with Crippen LogP contribution in [-0.2, 0) is 5.66 Å². The molecule has 1 unspecified atom stereocenters. The minimum absolute atomic E-state index is 0.0301. The largest absolute Gasteiger partial charge is 0.327 e. The molecule has 5 rings (SSSR count). The number of aromatic nitrogens is 1. The van der Waals surface area contributed by atoms with Gasteiger partial charge in [-0.1, -0.05) is 23.7 Å². The fraction of sp³-hybridized carbons (Fsp3) is 0.300. The van der Waals surface area contributed by atoms with Gasteiger partial charge in [0, 0.05) is 12.5 Å². The monoisotopic (exact) mass is 397 g/mol. The summed E-state index contributed by atoms with van der Waals surface area (Å²) in [5, 5.41) is 2.95. The van der Waals surface area contributed by atoms with Gasteiger partial charge >= 0.3 is 0 Å². The molecule has 1 fully saturated rings. The van der Waals surface area contributed by atoms with Crippen LogP contribution in [-0.4, -0.2) is 33.2 Å². The highest BCUT2D eigenvalue weighted by atomic mass is 35.5. The molecule has 8 heteroatoms. The van der Waals surface area contributed by atoms with Gasteiger partial charge in [0.05, 0.1) is 11.1 Å². The molecule has 3 aliphatic rings. The highest BCUT2D eigenvalue weighted by Gasteiger charge is 2.50. The number of imide groups is 1. The number of rotatable bonds is 1. The van der Waals surface area contributed by atoms with Crippen molar-refractivity contribution in [2.45, 2.75) is 37.4 Å². The second kappa shape index (κ2) is 5.78. The van der Waals surface area contributed by atoms with Gasteiger partial charge in [-0.15, -0.1) is 0 Å². The second-order valence-electron chi connectivity index (χ2n) is 7.47. The summed E-state index contributed by atoms with van der Waals surface area (Å²) in [6.45, 7) is 0. The standard InChI is InChI=1S/C20H16ClN3O4/c21-14-7-8-15-16(25)22-20(24(15)19(14)28)9-3-4-11(10-20)23-17(26)12-5-1-2-6-13(12)18(23)27/h1-2,5-8,11H,3-4,9-10H2,(H,22,25)/t11-,20?/m0/s1. The van der Waals surface area contributed by atoms with E-state index in [1.165, 1.54) is 21.6 Å². The van der Waals surface area contributed by atoms with Crippen molar-refractivity contribution in [2.24, 2.45) is 0 Å². The molecule has 1 spiro atoms. The smallest absolute Gasteiger partial charge is 0.271 e. The molecule has 1 saturated carbocycles. The number of fused-ring (bicyclic) bond motifs is 3. The summed E-state index contributed by atoms with van der Waals surface area (Å²) >= 11 is 6.02. The number of amides is 3. The molecule has 1 aliphatic carbocycles. The van der Waals surface area contributed by atoms with Crippen molar-refractivity contribution in [1.82, 2.24) is 14.8 Å². The lowest BCUT2D eigenvalue weighted by atomic mass is 9.84. The maximum atomic E-state index is 12.9. The molecule has 2 atom stereocenters. The molecule has 7 nitrogen and oxygen atoms in total. The fourth-order valence-electron chi connectivity index (χ4n) is 4.75. The summed E-state index contributed by atoms with van der Waals surface area (Å²) < 4.78 is 1.40. The van der Waals surface area contributed by atoms with Crippen LogP contribution in [0.15, 0.2) is 41.2 Å². The number of halogens is 1. The SMILES string of the molecule is O=C1NC2(CCC[C@H](N3C(=O)c4ccccc4C3=O)C2)n2c1ccc(Cl)c2=O. The topological polar surface area (TPSA) is 88.5 Å². The lowest BCUT2D eigenvalue weighted by molar-refractivity contribution is 0.0414. The number of nitrogens with zero attached hydrogens (tertiary/aromatic N) is 2.